The number of hydrogen-bond acceptors (Lipinski definition) is 3. The zero-order chi connectivity index (χ0) is 15.8. The molecule has 4 rings (SSSR count). The molecule has 0 saturated carbocycles. The number of hydrogen-bond donors (Lipinski definition) is 1. The Morgan fingerprint density at radius 1 is 1.13 bits per heavy atom. The summed E-state index contributed by atoms with van der Waals surface area (Å²) >= 11 is 0. The van der Waals surface area contributed by atoms with Crippen LogP contribution >= 0.6 is 0 Å². The third-order valence-corrected chi connectivity index (χ3v) is 4.26. The van der Waals surface area contributed by atoms with Gasteiger partial charge in [0.15, 0.2) is 0 Å². The van der Waals surface area contributed by atoms with E-state index in [2.05, 4.69) is 36.5 Å². The molecule has 0 fully saturated rings. The van der Waals surface area contributed by atoms with Crippen LogP contribution in [-0.4, -0.2) is 23.4 Å². The zero-order valence-corrected chi connectivity index (χ0v) is 13.3. The first kappa shape index (κ1) is 13.9. The maximum absolute atomic E-state index is 5.24. The van der Waals surface area contributed by atoms with Crippen molar-refractivity contribution < 1.29 is 4.74 Å². The summed E-state index contributed by atoms with van der Waals surface area (Å²) in [6, 6.07) is 16.5. The smallest absolute Gasteiger partial charge is 0.133 e. The second-order valence-electron chi connectivity index (χ2n) is 5.83. The van der Waals surface area contributed by atoms with Gasteiger partial charge in [-0.15, -0.1) is 0 Å². The van der Waals surface area contributed by atoms with Gasteiger partial charge in [0.2, 0.25) is 0 Å². The van der Waals surface area contributed by atoms with Gasteiger partial charge in [0.25, 0.3) is 0 Å². The molecule has 23 heavy (non-hydrogen) atoms. The van der Waals surface area contributed by atoms with Crippen molar-refractivity contribution in [2.45, 2.75) is 13.3 Å². The Morgan fingerprint density at radius 2 is 1.96 bits per heavy atom. The average Bonchev–Trinajstić information content (AvgIpc) is 3.17. The van der Waals surface area contributed by atoms with Crippen molar-refractivity contribution in [3.63, 3.8) is 0 Å². The first-order valence-corrected chi connectivity index (χ1v) is 7.83. The van der Waals surface area contributed by atoms with Gasteiger partial charge in [0.1, 0.15) is 11.6 Å². The van der Waals surface area contributed by atoms with E-state index in [-0.39, 0.29) is 0 Å². The van der Waals surface area contributed by atoms with Gasteiger partial charge in [0.05, 0.1) is 18.5 Å². The maximum Gasteiger partial charge on any atom is 0.133 e. The highest BCUT2D eigenvalue weighted by molar-refractivity contribution is 5.73. The van der Waals surface area contributed by atoms with Crippen LogP contribution in [-0.2, 0) is 6.42 Å². The van der Waals surface area contributed by atoms with Gasteiger partial charge in [-0.25, -0.2) is 4.68 Å². The van der Waals surface area contributed by atoms with Gasteiger partial charge < -0.3 is 10.1 Å². The van der Waals surface area contributed by atoms with Crippen molar-refractivity contribution in [3.8, 4) is 22.7 Å². The summed E-state index contributed by atoms with van der Waals surface area (Å²) in [5.74, 6) is 1.95. The van der Waals surface area contributed by atoms with Gasteiger partial charge in [-0.3, -0.25) is 0 Å². The number of nitrogens with zero attached hydrogens (tertiary/aromatic N) is 2. The van der Waals surface area contributed by atoms with Gasteiger partial charge in [-0.05, 0) is 43.7 Å². The van der Waals surface area contributed by atoms with Crippen molar-refractivity contribution in [2.75, 3.05) is 19.0 Å². The minimum absolute atomic E-state index is 0.851. The van der Waals surface area contributed by atoms with Crippen LogP contribution in [0.1, 0.15) is 11.1 Å². The Labute approximate surface area is 135 Å². The molecule has 0 saturated heterocycles. The number of rotatable bonds is 3. The van der Waals surface area contributed by atoms with E-state index in [9.17, 15) is 0 Å². The van der Waals surface area contributed by atoms with Gasteiger partial charge in [0, 0.05) is 17.7 Å². The summed E-state index contributed by atoms with van der Waals surface area (Å²) in [4.78, 5) is 0. The summed E-state index contributed by atoms with van der Waals surface area (Å²) < 4.78 is 7.24. The summed E-state index contributed by atoms with van der Waals surface area (Å²) in [6.07, 6.45) is 1.01. The number of aryl methyl sites for hydroxylation is 1. The van der Waals surface area contributed by atoms with E-state index < -0.39 is 0 Å². The number of benzene rings is 2. The standard InChI is InChI=1S/C19H19N3O/c1-13-4-3-5-14(12-13)18-17-10-11-20-19(17)22(21-18)15-6-8-16(23-2)9-7-15/h3-9,12,20H,10-11H2,1-2H3. The molecule has 2 aromatic carbocycles. The maximum atomic E-state index is 5.24. The molecular formula is C19H19N3O. The normalized spacial score (nSPS) is 12.8. The predicted octanol–water partition coefficient (Wildman–Crippen LogP) is 3.82. The molecule has 0 spiro atoms. The Kier molecular flexibility index (Phi) is 3.30. The molecule has 1 aliphatic rings. The van der Waals surface area contributed by atoms with E-state index in [1.807, 2.05) is 28.9 Å². The van der Waals surface area contributed by atoms with E-state index in [0.717, 1.165) is 35.9 Å². The highest BCUT2D eigenvalue weighted by Crippen LogP contribution is 2.35. The van der Waals surface area contributed by atoms with Crippen molar-refractivity contribution >= 4 is 5.82 Å². The number of anilines is 1. The lowest BCUT2D eigenvalue weighted by Gasteiger charge is -2.07. The van der Waals surface area contributed by atoms with Gasteiger partial charge >= 0.3 is 0 Å². The molecule has 2 heterocycles. The van der Waals surface area contributed by atoms with Crippen molar-refractivity contribution in [3.05, 3.63) is 59.7 Å². The first-order valence-electron chi connectivity index (χ1n) is 7.83. The molecule has 0 unspecified atom stereocenters. The van der Waals surface area contributed by atoms with Crippen LogP contribution in [0.3, 0.4) is 0 Å². The number of fused-ring (bicyclic) bond motifs is 1. The Morgan fingerprint density at radius 3 is 2.70 bits per heavy atom. The lowest BCUT2D eigenvalue weighted by atomic mass is 10.0. The highest BCUT2D eigenvalue weighted by Gasteiger charge is 2.23. The van der Waals surface area contributed by atoms with E-state index in [1.54, 1.807) is 7.11 Å². The molecule has 1 aromatic heterocycles. The molecule has 0 bridgehead atoms. The summed E-state index contributed by atoms with van der Waals surface area (Å²) in [7, 11) is 1.68. The Balaban J connectivity index is 1.84. The molecule has 3 aromatic rings. The van der Waals surface area contributed by atoms with Gasteiger partial charge in [-0.2, -0.15) is 5.10 Å². The summed E-state index contributed by atoms with van der Waals surface area (Å²) in [5.41, 5.74) is 5.84. The van der Waals surface area contributed by atoms with Crippen LogP contribution < -0.4 is 10.1 Å². The van der Waals surface area contributed by atoms with E-state index in [1.165, 1.54) is 16.7 Å². The third kappa shape index (κ3) is 2.36. The summed E-state index contributed by atoms with van der Waals surface area (Å²) in [5, 5.41) is 8.35. The Hall–Kier alpha value is -2.75. The number of methoxy groups -OCH3 is 1. The fraction of sp³-hybridized carbons (Fsp3) is 0.211. The largest absolute Gasteiger partial charge is 0.497 e. The summed E-state index contributed by atoms with van der Waals surface area (Å²) in [6.45, 7) is 3.07. The highest BCUT2D eigenvalue weighted by atomic mass is 16.5. The topological polar surface area (TPSA) is 39.1 Å². The molecule has 116 valence electrons. The minimum Gasteiger partial charge on any atom is -0.497 e. The molecule has 0 amide bonds. The van der Waals surface area contributed by atoms with E-state index >= 15 is 0 Å². The van der Waals surface area contributed by atoms with E-state index in [4.69, 9.17) is 9.84 Å². The quantitative estimate of drug-likeness (QED) is 0.799. The lowest BCUT2D eigenvalue weighted by molar-refractivity contribution is 0.414. The van der Waals surface area contributed by atoms with Crippen LogP contribution in [0.2, 0.25) is 0 Å². The van der Waals surface area contributed by atoms with Crippen LogP contribution in [0.15, 0.2) is 48.5 Å². The fourth-order valence-electron chi connectivity index (χ4n) is 3.11. The van der Waals surface area contributed by atoms with Gasteiger partial charge in [-0.1, -0.05) is 23.8 Å². The number of nitrogens with one attached hydrogen (secondary N) is 1. The molecule has 1 aliphatic heterocycles. The number of aromatic nitrogens is 2. The zero-order valence-electron chi connectivity index (χ0n) is 13.3. The average molecular weight is 305 g/mol. The van der Waals surface area contributed by atoms with Crippen molar-refractivity contribution in [1.29, 1.82) is 0 Å². The first-order chi connectivity index (χ1) is 11.3. The molecule has 4 heteroatoms. The third-order valence-electron chi connectivity index (χ3n) is 4.26. The Bertz CT molecular complexity index is 850. The minimum atomic E-state index is 0.851. The van der Waals surface area contributed by atoms with Crippen LogP contribution in [0.5, 0.6) is 5.75 Å². The molecular weight excluding hydrogens is 286 g/mol. The molecule has 1 N–H and O–H groups in total. The monoisotopic (exact) mass is 305 g/mol. The SMILES string of the molecule is COc1ccc(-n2nc(-c3cccc(C)c3)c3c2NCC3)cc1. The van der Waals surface area contributed by atoms with Crippen LogP contribution in [0.4, 0.5) is 5.82 Å². The second kappa shape index (κ2) is 5.47. The molecule has 0 aliphatic carbocycles. The van der Waals surface area contributed by atoms with Crippen molar-refractivity contribution in [1.82, 2.24) is 9.78 Å². The van der Waals surface area contributed by atoms with Crippen molar-refractivity contribution in [2.24, 2.45) is 0 Å². The fourth-order valence-corrected chi connectivity index (χ4v) is 3.11. The lowest BCUT2D eigenvalue weighted by Crippen LogP contribution is -2.04. The van der Waals surface area contributed by atoms with Crippen LogP contribution in [0.25, 0.3) is 16.9 Å². The van der Waals surface area contributed by atoms with E-state index in [0.29, 0.717) is 0 Å². The molecule has 0 radical (unpaired) electrons. The van der Waals surface area contributed by atoms with Crippen LogP contribution in [0, 0.1) is 6.92 Å². The molecule has 0 atom stereocenters. The molecule has 4 nitrogen and oxygen atoms in total. The predicted molar refractivity (Wildman–Crippen MR) is 92.5 cm³/mol. The second-order valence-corrected chi connectivity index (χ2v) is 5.83. The number of ether oxygens (including phenoxy) is 1.